The van der Waals surface area contributed by atoms with E-state index in [-0.39, 0.29) is 25.0 Å². The smallest absolute Gasteiger partial charge is 0.417 e. The summed E-state index contributed by atoms with van der Waals surface area (Å²) in [4.78, 5) is 22.0. The van der Waals surface area contributed by atoms with Gasteiger partial charge >= 0.3 is 24.3 Å². The summed E-state index contributed by atoms with van der Waals surface area (Å²) in [5.74, 6) is -2.86. The fourth-order valence-electron chi connectivity index (χ4n) is 0.991. The molecule has 0 N–H and O–H groups in total. The van der Waals surface area contributed by atoms with Crippen molar-refractivity contribution in [3.63, 3.8) is 0 Å². The first-order valence-corrected chi connectivity index (χ1v) is 5.84. The Bertz CT molecular complexity index is 382. The van der Waals surface area contributed by atoms with Crippen LogP contribution < -0.4 is 0 Å². The molecule has 0 heterocycles. The molecular formula is C12H12F6O4. The molecule has 22 heavy (non-hydrogen) atoms. The van der Waals surface area contributed by atoms with Gasteiger partial charge in [0.25, 0.3) is 0 Å². The van der Waals surface area contributed by atoms with E-state index in [9.17, 15) is 35.9 Å². The van der Waals surface area contributed by atoms with Crippen molar-refractivity contribution in [2.24, 2.45) is 0 Å². The predicted octanol–water partition coefficient (Wildman–Crippen LogP) is 3.09. The standard InChI is InChI=1S/C12H12F6O4/c13-11(14,15)5-1-3-7-21-9(19)10(20)22-8-4-2-6-12(16,17)18/h1-2,5-6H,3-4,7-8H2/b5-1+,6-2+. The predicted molar refractivity (Wildman–Crippen MR) is 61.5 cm³/mol. The fraction of sp³-hybridized carbons (Fsp3) is 0.500. The van der Waals surface area contributed by atoms with Gasteiger partial charge in [-0.2, -0.15) is 26.3 Å². The topological polar surface area (TPSA) is 52.6 Å². The summed E-state index contributed by atoms with van der Waals surface area (Å²) in [6.45, 7) is -0.928. The monoisotopic (exact) mass is 334 g/mol. The van der Waals surface area contributed by atoms with Gasteiger partial charge in [-0.15, -0.1) is 0 Å². The van der Waals surface area contributed by atoms with Gasteiger partial charge < -0.3 is 9.47 Å². The van der Waals surface area contributed by atoms with Gasteiger partial charge in [0, 0.05) is 12.2 Å². The molecule has 0 unspecified atom stereocenters. The number of hydrogen-bond acceptors (Lipinski definition) is 4. The number of rotatable bonds is 6. The molecule has 0 aromatic carbocycles. The van der Waals surface area contributed by atoms with Crippen LogP contribution in [0.3, 0.4) is 0 Å². The maximum absolute atomic E-state index is 11.7. The lowest BCUT2D eigenvalue weighted by atomic mass is 10.4. The van der Waals surface area contributed by atoms with Crippen molar-refractivity contribution in [2.45, 2.75) is 25.2 Å². The first-order valence-electron chi connectivity index (χ1n) is 5.84. The van der Waals surface area contributed by atoms with Crippen LogP contribution in [0.2, 0.25) is 0 Å². The number of halogens is 6. The van der Waals surface area contributed by atoms with Gasteiger partial charge in [-0.1, -0.05) is 12.2 Å². The van der Waals surface area contributed by atoms with Gasteiger partial charge in [0.05, 0.1) is 13.2 Å². The molecule has 0 amide bonds. The number of alkyl halides is 6. The van der Waals surface area contributed by atoms with Crippen molar-refractivity contribution in [3.05, 3.63) is 24.3 Å². The largest absolute Gasteiger partial charge is 0.457 e. The molecule has 126 valence electrons. The van der Waals surface area contributed by atoms with Crippen molar-refractivity contribution in [3.8, 4) is 0 Å². The summed E-state index contributed by atoms with van der Waals surface area (Å²) >= 11 is 0. The van der Waals surface area contributed by atoms with E-state index in [0.717, 1.165) is 0 Å². The summed E-state index contributed by atoms with van der Waals surface area (Å²) in [6, 6.07) is 0. The molecule has 0 radical (unpaired) electrons. The maximum atomic E-state index is 11.7. The second-order valence-corrected chi connectivity index (χ2v) is 3.74. The molecule has 10 heteroatoms. The number of hydrogen-bond donors (Lipinski definition) is 0. The van der Waals surface area contributed by atoms with Gasteiger partial charge in [0.1, 0.15) is 0 Å². The second-order valence-electron chi connectivity index (χ2n) is 3.74. The molecule has 0 fully saturated rings. The Morgan fingerprint density at radius 2 is 1.05 bits per heavy atom. The average Bonchev–Trinajstić information content (AvgIpc) is 2.34. The molecule has 0 aliphatic carbocycles. The highest BCUT2D eigenvalue weighted by molar-refractivity contribution is 6.29. The molecule has 0 rings (SSSR count). The van der Waals surface area contributed by atoms with Crippen molar-refractivity contribution in [1.29, 1.82) is 0 Å². The summed E-state index contributed by atoms with van der Waals surface area (Å²) in [6.07, 6.45) is -8.15. The molecule has 4 nitrogen and oxygen atoms in total. The zero-order valence-corrected chi connectivity index (χ0v) is 11.0. The lowest BCUT2D eigenvalue weighted by molar-refractivity contribution is -0.167. The summed E-state index contributed by atoms with van der Waals surface area (Å²) in [5.41, 5.74) is 0. The van der Waals surface area contributed by atoms with Crippen LogP contribution in [0.1, 0.15) is 12.8 Å². The highest BCUT2D eigenvalue weighted by Gasteiger charge is 2.22. The average molecular weight is 334 g/mol. The molecule has 0 atom stereocenters. The van der Waals surface area contributed by atoms with E-state index < -0.39 is 37.5 Å². The van der Waals surface area contributed by atoms with Gasteiger partial charge in [0.2, 0.25) is 0 Å². The molecular weight excluding hydrogens is 322 g/mol. The Morgan fingerprint density at radius 1 is 0.727 bits per heavy atom. The van der Waals surface area contributed by atoms with Crippen molar-refractivity contribution < 1.29 is 45.4 Å². The van der Waals surface area contributed by atoms with Crippen LogP contribution in [0, 0.1) is 0 Å². The SMILES string of the molecule is O=C(OCC/C=C/C(F)(F)F)C(=O)OCC/C=C/C(F)(F)F. The highest BCUT2D eigenvalue weighted by Crippen LogP contribution is 2.16. The van der Waals surface area contributed by atoms with E-state index in [1.165, 1.54) is 0 Å². The van der Waals surface area contributed by atoms with E-state index in [2.05, 4.69) is 9.47 Å². The van der Waals surface area contributed by atoms with E-state index in [4.69, 9.17) is 0 Å². The van der Waals surface area contributed by atoms with Gasteiger partial charge in [-0.05, 0) is 12.8 Å². The molecule has 0 bridgehead atoms. The number of ether oxygens (including phenoxy) is 2. The number of carbonyl (C=O) groups is 2. The molecule has 0 saturated carbocycles. The summed E-state index contributed by atoms with van der Waals surface area (Å²) < 4.78 is 78.8. The molecule has 0 aromatic heterocycles. The number of esters is 2. The lowest BCUT2D eigenvalue weighted by Crippen LogP contribution is -2.21. The van der Waals surface area contributed by atoms with E-state index >= 15 is 0 Å². The third kappa shape index (κ3) is 13.0. The normalized spacial score (nSPS) is 12.8. The molecule has 0 aromatic rings. The molecule has 0 aliphatic heterocycles. The van der Waals surface area contributed by atoms with Crippen LogP contribution in [0.5, 0.6) is 0 Å². The quantitative estimate of drug-likeness (QED) is 0.246. The minimum absolute atomic E-state index is 0.0495. The third-order valence-electron chi connectivity index (χ3n) is 1.82. The zero-order chi connectivity index (χ0) is 17.2. The Labute approximate surface area is 121 Å². The van der Waals surface area contributed by atoms with Crippen molar-refractivity contribution in [2.75, 3.05) is 13.2 Å². The third-order valence-corrected chi connectivity index (χ3v) is 1.82. The second kappa shape index (κ2) is 9.11. The Hall–Kier alpha value is -2.00. The first kappa shape index (κ1) is 20.0. The van der Waals surface area contributed by atoms with Crippen LogP contribution in [-0.4, -0.2) is 37.5 Å². The van der Waals surface area contributed by atoms with Crippen LogP contribution >= 0.6 is 0 Å². The fourth-order valence-corrected chi connectivity index (χ4v) is 0.991. The Morgan fingerprint density at radius 3 is 1.32 bits per heavy atom. The highest BCUT2D eigenvalue weighted by atomic mass is 19.4. The van der Waals surface area contributed by atoms with Crippen molar-refractivity contribution in [1.82, 2.24) is 0 Å². The number of allylic oxidation sites excluding steroid dienone is 2. The zero-order valence-electron chi connectivity index (χ0n) is 11.0. The van der Waals surface area contributed by atoms with Gasteiger partial charge in [-0.25, -0.2) is 9.59 Å². The van der Waals surface area contributed by atoms with Crippen LogP contribution in [0.25, 0.3) is 0 Å². The molecule has 0 saturated heterocycles. The van der Waals surface area contributed by atoms with Gasteiger partial charge in [0.15, 0.2) is 0 Å². The summed E-state index contributed by atoms with van der Waals surface area (Å²) in [7, 11) is 0. The van der Waals surface area contributed by atoms with Crippen molar-refractivity contribution >= 4 is 11.9 Å². The first-order chi connectivity index (χ1) is 10.0. The number of carbonyl (C=O) groups excluding carboxylic acids is 2. The molecule has 0 aliphatic rings. The Kier molecular flexibility index (Phi) is 8.28. The van der Waals surface area contributed by atoms with Crippen LogP contribution in [0.15, 0.2) is 24.3 Å². The Balaban J connectivity index is 3.83. The van der Waals surface area contributed by atoms with Crippen LogP contribution in [-0.2, 0) is 19.1 Å². The van der Waals surface area contributed by atoms with E-state index in [1.807, 2.05) is 0 Å². The van der Waals surface area contributed by atoms with Crippen LogP contribution in [0.4, 0.5) is 26.3 Å². The van der Waals surface area contributed by atoms with E-state index in [0.29, 0.717) is 12.2 Å². The minimum atomic E-state index is -4.48. The van der Waals surface area contributed by atoms with E-state index in [1.54, 1.807) is 0 Å². The molecule has 0 spiro atoms. The lowest BCUT2D eigenvalue weighted by Gasteiger charge is -2.04. The van der Waals surface area contributed by atoms with Gasteiger partial charge in [-0.3, -0.25) is 0 Å². The minimum Gasteiger partial charge on any atom is -0.457 e. The summed E-state index contributed by atoms with van der Waals surface area (Å²) in [5, 5.41) is 0. The maximum Gasteiger partial charge on any atom is 0.417 e.